The van der Waals surface area contributed by atoms with Gasteiger partial charge in [0.15, 0.2) is 11.6 Å². The Morgan fingerprint density at radius 3 is 2.80 bits per heavy atom. The zero-order chi connectivity index (χ0) is 21.3. The molecule has 1 aromatic carbocycles. The number of ether oxygens (including phenoxy) is 1. The number of halogens is 1. The summed E-state index contributed by atoms with van der Waals surface area (Å²) in [7, 11) is -4.00. The van der Waals surface area contributed by atoms with E-state index in [4.69, 9.17) is 10.00 Å². The Morgan fingerprint density at radius 2 is 2.07 bits per heavy atom. The molecule has 0 amide bonds. The van der Waals surface area contributed by atoms with Gasteiger partial charge < -0.3 is 9.72 Å². The minimum atomic E-state index is -4.00. The maximum atomic E-state index is 15.1. The Kier molecular flexibility index (Phi) is 5.21. The van der Waals surface area contributed by atoms with E-state index in [0.29, 0.717) is 11.0 Å². The van der Waals surface area contributed by atoms with Crippen molar-refractivity contribution in [2.45, 2.75) is 0 Å². The smallest absolute Gasteiger partial charge is 0.301 e. The second-order valence-electron chi connectivity index (χ2n) is 6.55. The van der Waals surface area contributed by atoms with Crippen LogP contribution in [0, 0.1) is 17.1 Å². The zero-order valence-electron chi connectivity index (χ0n) is 15.6. The molecular formula is C19H16FN5O4S. The van der Waals surface area contributed by atoms with E-state index in [9.17, 15) is 13.2 Å². The quantitative estimate of drug-likeness (QED) is 0.595. The first-order valence-electron chi connectivity index (χ1n) is 8.97. The number of nitrogens with zero attached hydrogens (tertiary/aromatic N) is 3. The lowest BCUT2D eigenvalue weighted by molar-refractivity contribution is 0.0733. The van der Waals surface area contributed by atoms with Gasteiger partial charge in [-0.15, -0.1) is 0 Å². The molecule has 0 atom stereocenters. The Hall–Kier alpha value is -3.33. The van der Waals surface area contributed by atoms with E-state index in [-0.39, 0.29) is 48.7 Å². The minimum absolute atomic E-state index is 0.127. The van der Waals surface area contributed by atoms with Gasteiger partial charge in [0.2, 0.25) is 0 Å². The number of ketones is 1. The summed E-state index contributed by atoms with van der Waals surface area (Å²) in [6.07, 6.45) is 2.74. The third-order valence-corrected chi connectivity index (χ3v) is 6.22. The van der Waals surface area contributed by atoms with Crippen molar-refractivity contribution in [2.24, 2.45) is 0 Å². The van der Waals surface area contributed by atoms with Crippen LogP contribution >= 0.6 is 0 Å². The molecule has 4 rings (SSSR count). The van der Waals surface area contributed by atoms with Gasteiger partial charge in [-0.3, -0.25) is 9.52 Å². The molecule has 9 nitrogen and oxygen atoms in total. The number of carbonyl (C=O) groups excluding carboxylic acids is 1. The number of aromatic amines is 1. The molecule has 0 spiro atoms. The van der Waals surface area contributed by atoms with Crippen molar-refractivity contribution in [3.8, 4) is 6.07 Å². The van der Waals surface area contributed by atoms with E-state index >= 15 is 4.39 Å². The monoisotopic (exact) mass is 429 g/mol. The van der Waals surface area contributed by atoms with Crippen LogP contribution in [0.25, 0.3) is 11.0 Å². The van der Waals surface area contributed by atoms with Crippen LogP contribution in [0.15, 0.2) is 36.7 Å². The van der Waals surface area contributed by atoms with Gasteiger partial charge in [-0.05, 0) is 18.2 Å². The van der Waals surface area contributed by atoms with Crippen LogP contribution in [0.3, 0.4) is 0 Å². The molecule has 1 saturated heterocycles. The number of carbonyl (C=O) groups is 1. The highest BCUT2D eigenvalue weighted by Gasteiger charge is 2.27. The van der Waals surface area contributed by atoms with Gasteiger partial charge in [-0.25, -0.2) is 9.37 Å². The number of hydrogen-bond acceptors (Lipinski definition) is 6. The number of nitrogens with one attached hydrogen (secondary N) is 2. The number of morpholine rings is 1. The summed E-state index contributed by atoms with van der Waals surface area (Å²) in [6.45, 7) is 0.806. The van der Waals surface area contributed by atoms with Crippen LogP contribution in [-0.2, 0) is 14.9 Å². The van der Waals surface area contributed by atoms with Gasteiger partial charge in [-0.1, -0.05) is 6.07 Å². The van der Waals surface area contributed by atoms with E-state index in [0.717, 1.165) is 4.31 Å². The standard InChI is InChI=1S/C19H16FN5O4S/c20-17-13(18(26)15-11-23-19-14(15)8-12(9-21)10-22-19)2-1-3-16(17)24-30(27,28)25-4-6-29-7-5-25/h1-3,8,10-11,24H,4-7H2,(H,22,23). The number of rotatable bonds is 5. The molecule has 1 aliphatic heterocycles. The fraction of sp³-hybridized carbons (Fsp3) is 0.211. The van der Waals surface area contributed by atoms with Crippen LogP contribution < -0.4 is 4.72 Å². The first-order chi connectivity index (χ1) is 14.4. The van der Waals surface area contributed by atoms with Gasteiger partial charge in [0.1, 0.15) is 11.7 Å². The minimum Gasteiger partial charge on any atom is -0.379 e. The summed E-state index contributed by atoms with van der Waals surface area (Å²) >= 11 is 0. The number of anilines is 1. The molecule has 11 heteroatoms. The van der Waals surface area contributed by atoms with Crippen LogP contribution in [0.5, 0.6) is 0 Å². The maximum Gasteiger partial charge on any atom is 0.301 e. The average molecular weight is 429 g/mol. The SMILES string of the molecule is N#Cc1cnc2[nH]cc(C(=O)c3cccc(NS(=O)(=O)N4CCOCC4)c3F)c2c1. The summed E-state index contributed by atoms with van der Waals surface area (Å²) in [5.74, 6) is -1.65. The van der Waals surface area contributed by atoms with Crippen molar-refractivity contribution < 1.29 is 22.3 Å². The fourth-order valence-corrected chi connectivity index (χ4v) is 4.37. The highest BCUT2D eigenvalue weighted by Crippen LogP contribution is 2.26. The molecule has 0 unspecified atom stereocenters. The topological polar surface area (TPSA) is 128 Å². The fourth-order valence-electron chi connectivity index (χ4n) is 3.17. The highest BCUT2D eigenvalue weighted by molar-refractivity contribution is 7.90. The molecule has 3 aromatic rings. The molecule has 154 valence electrons. The molecule has 2 N–H and O–H groups in total. The molecule has 30 heavy (non-hydrogen) atoms. The Bertz CT molecular complexity index is 1280. The van der Waals surface area contributed by atoms with Gasteiger partial charge in [0.05, 0.1) is 30.0 Å². The lowest BCUT2D eigenvalue weighted by atomic mass is 10.0. The second kappa shape index (κ2) is 7.83. The summed E-state index contributed by atoms with van der Waals surface area (Å²) in [6, 6.07) is 7.32. The summed E-state index contributed by atoms with van der Waals surface area (Å²) < 4.78 is 48.6. The third kappa shape index (κ3) is 3.63. The maximum absolute atomic E-state index is 15.1. The summed E-state index contributed by atoms with van der Waals surface area (Å²) in [5.41, 5.74) is 0.121. The molecule has 0 bridgehead atoms. The molecule has 1 aliphatic rings. The van der Waals surface area contributed by atoms with Crippen LogP contribution in [0.1, 0.15) is 21.5 Å². The van der Waals surface area contributed by atoms with Crippen LogP contribution in [-0.4, -0.2) is 54.8 Å². The number of fused-ring (bicyclic) bond motifs is 1. The van der Waals surface area contributed by atoms with E-state index in [1.54, 1.807) is 0 Å². The first-order valence-corrected chi connectivity index (χ1v) is 10.4. The van der Waals surface area contributed by atoms with Crippen LogP contribution in [0.4, 0.5) is 10.1 Å². The predicted molar refractivity (Wildman–Crippen MR) is 106 cm³/mol. The van der Waals surface area contributed by atoms with E-state index in [1.165, 1.54) is 36.7 Å². The number of benzene rings is 1. The lowest BCUT2D eigenvalue weighted by Crippen LogP contribution is -2.43. The van der Waals surface area contributed by atoms with Gasteiger partial charge in [-0.2, -0.15) is 18.0 Å². The number of H-pyrrole nitrogens is 1. The Labute approximate surface area is 171 Å². The first kappa shape index (κ1) is 20.0. The number of hydrogen-bond donors (Lipinski definition) is 2. The van der Waals surface area contributed by atoms with Crippen molar-refractivity contribution >= 4 is 32.7 Å². The molecule has 1 fully saturated rings. The summed E-state index contributed by atoms with van der Waals surface area (Å²) in [4.78, 5) is 19.9. The Morgan fingerprint density at radius 1 is 1.30 bits per heavy atom. The molecule has 0 radical (unpaired) electrons. The summed E-state index contributed by atoms with van der Waals surface area (Å²) in [5, 5.41) is 9.43. The number of pyridine rings is 1. The molecular weight excluding hydrogens is 413 g/mol. The molecule has 3 heterocycles. The zero-order valence-corrected chi connectivity index (χ0v) is 16.4. The third-order valence-electron chi connectivity index (χ3n) is 4.70. The number of nitriles is 1. The Balaban J connectivity index is 1.68. The predicted octanol–water partition coefficient (Wildman–Crippen LogP) is 1.79. The van der Waals surface area contributed by atoms with Crippen molar-refractivity contribution in [1.29, 1.82) is 5.26 Å². The largest absolute Gasteiger partial charge is 0.379 e. The van der Waals surface area contributed by atoms with E-state index < -0.39 is 21.8 Å². The van der Waals surface area contributed by atoms with Crippen molar-refractivity contribution in [3.63, 3.8) is 0 Å². The van der Waals surface area contributed by atoms with Gasteiger partial charge >= 0.3 is 10.2 Å². The second-order valence-corrected chi connectivity index (χ2v) is 8.22. The van der Waals surface area contributed by atoms with Crippen molar-refractivity contribution in [1.82, 2.24) is 14.3 Å². The van der Waals surface area contributed by atoms with Gasteiger partial charge in [0.25, 0.3) is 0 Å². The normalized spacial score (nSPS) is 15.1. The highest BCUT2D eigenvalue weighted by atomic mass is 32.2. The molecule has 0 aliphatic carbocycles. The number of aromatic nitrogens is 2. The van der Waals surface area contributed by atoms with Crippen molar-refractivity contribution in [2.75, 3.05) is 31.0 Å². The molecule has 0 saturated carbocycles. The van der Waals surface area contributed by atoms with E-state index in [2.05, 4.69) is 14.7 Å². The van der Waals surface area contributed by atoms with Gasteiger partial charge in [0, 0.05) is 36.4 Å². The average Bonchev–Trinajstić information content (AvgIpc) is 3.18. The molecule has 2 aromatic heterocycles. The van der Waals surface area contributed by atoms with Crippen LogP contribution in [0.2, 0.25) is 0 Å². The lowest BCUT2D eigenvalue weighted by Gasteiger charge is -2.26. The van der Waals surface area contributed by atoms with Crippen molar-refractivity contribution in [3.05, 3.63) is 59.2 Å². The van der Waals surface area contributed by atoms with E-state index in [1.807, 2.05) is 6.07 Å².